The lowest BCUT2D eigenvalue weighted by atomic mass is 10.1. The number of ether oxygens (including phenoxy) is 1. The molecule has 0 aromatic carbocycles. The summed E-state index contributed by atoms with van der Waals surface area (Å²) in [6, 6.07) is 5.63. The summed E-state index contributed by atoms with van der Waals surface area (Å²) in [5.74, 6) is 0. The number of nitrogens with zero attached hydrogens (tertiary/aromatic N) is 2. The first-order valence-electron chi connectivity index (χ1n) is 6.11. The number of pyridine rings is 1. The summed E-state index contributed by atoms with van der Waals surface area (Å²) >= 11 is 5.88. The van der Waals surface area contributed by atoms with Crippen molar-refractivity contribution >= 4 is 11.6 Å². The predicted molar refractivity (Wildman–Crippen MR) is 70.6 cm³/mol. The van der Waals surface area contributed by atoms with Crippen molar-refractivity contribution in [1.82, 2.24) is 9.88 Å². The fraction of sp³-hybridized carbons (Fsp3) is 0.615. The van der Waals surface area contributed by atoms with Gasteiger partial charge in [0.15, 0.2) is 0 Å². The molecular weight excluding hydrogens is 252 g/mol. The lowest BCUT2D eigenvalue weighted by molar-refractivity contribution is -0.150. The predicted octanol–water partition coefficient (Wildman–Crippen LogP) is 1.71. The second-order valence-corrected chi connectivity index (χ2v) is 5.69. The quantitative estimate of drug-likeness (QED) is 0.850. The zero-order chi connectivity index (χ0) is 13.2. The first-order valence-corrected chi connectivity index (χ1v) is 6.49. The Kier molecular flexibility index (Phi) is 4.22. The van der Waals surface area contributed by atoms with Gasteiger partial charge in [0.2, 0.25) is 0 Å². The Balaban J connectivity index is 2.04. The molecule has 1 atom stereocenters. The van der Waals surface area contributed by atoms with E-state index in [-0.39, 0.29) is 18.3 Å². The minimum atomic E-state index is -0.246. The summed E-state index contributed by atoms with van der Waals surface area (Å²) in [5.41, 5.74) is 0.696. The van der Waals surface area contributed by atoms with Crippen LogP contribution in [0.25, 0.3) is 0 Å². The molecule has 0 bridgehead atoms. The average Bonchev–Trinajstić information content (AvgIpc) is 2.26. The Bertz CT molecular complexity index is 412. The molecule has 1 N–H and O–H groups in total. The van der Waals surface area contributed by atoms with Gasteiger partial charge >= 0.3 is 0 Å². The topological polar surface area (TPSA) is 45.6 Å². The average molecular weight is 271 g/mol. The molecule has 100 valence electrons. The molecule has 2 rings (SSSR count). The van der Waals surface area contributed by atoms with Crippen LogP contribution in [0.5, 0.6) is 0 Å². The lowest BCUT2D eigenvalue weighted by Crippen LogP contribution is -2.53. The van der Waals surface area contributed by atoms with Gasteiger partial charge in [0, 0.05) is 19.6 Å². The zero-order valence-electron chi connectivity index (χ0n) is 10.8. The normalized spacial score (nSPS) is 24.1. The monoisotopic (exact) mass is 270 g/mol. The van der Waals surface area contributed by atoms with Gasteiger partial charge < -0.3 is 9.84 Å². The van der Waals surface area contributed by atoms with Crippen molar-refractivity contribution in [2.75, 3.05) is 19.7 Å². The van der Waals surface area contributed by atoms with Crippen LogP contribution < -0.4 is 0 Å². The van der Waals surface area contributed by atoms with Crippen LogP contribution in [0.4, 0.5) is 0 Å². The highest BCUT2D eigenvalue weighted by Crippen LogP contribution is 2.22. The van der Waals surface area contributed by atoms with Crippen molar-refractivity contribution in [2.24, 2.45) is 0 Å². The summed E-state index contributed by atoms with van der Waals surface area (Å²) in [6.07, 6.45) is -0.132. The van der Waals surface area contributed by atoms with Crippen molar-refractivity contribution in [1.29, 1.82) is 0 Å². The first kappa shape index (κ1) is 13.7. The third kappa shape index (κ3) is 3.65. The van der Waals surface area contributed by atoms with Gasteiger partial charge in [0.25, 0.3) is 0 Å². The van der Waals surface area contributed by atoms with Crippen LogP contribution in [-0.4, -0.2) is 46.4 Å². The molecule has 1 unspecified atom stereocenters. The summed E-state index contributed by atoms with van der Waals surface area (Å²) in [5, 5.41) is 9.78. The highest BCUT2D eigenvalue weighted by Gasteiger charge is 2.32. The van der Waals surface area contributed by atoms with E-state index in [1.807, 2.05) is 26.0 Å². The zero-order valence-corrected chi connectivity index (χ0v) is 11.5. The Hall–Kier alpha value is -0.680. The summed E-state index contributed by atoms with van der Waals surface area (Å²) < 4.78 is 5.78. The van der Waals surface area contributed by atoms with Gasteiger partial charge in [-0.15, -0.1) is 0 Å². The van der Waals surface area contributed by atoms with E-state index < -0.39 is 0 Å². The van der Waals surface area contributed by atoms with Crippen LogP contribution in [0.2, 0.25) is 5.15 Å². The Morgan fingerprint density at radius 2 is 2.33 bits per heavy atom. The second-order valence-electron chi connectivity index (χ2n) is 5.30. The molecule has 2 heterocycles. The molecule has 0 amide bonds. The van der Waals surface area contributed by atoms with Gasteiger partial charge in [-0.25, -0.2) is 4.98 Å². The van der Waals surface area contributed by atoms with E-state index in [9.17, 15) is 5.11 Å². The molecule has 0 saturated carbocycles. The lowest BCUT2D eigenvalue weighted by Gasteiger charge is -2.42. The van der Waals surface area contributed by atoms with Gasteiger partial charge in [-0.1, -0.05) is 17.7 Å². The third-order valence-electron chi connectivity index (χ3n) is 2.91. The van der Waals surface area contributed by atoms with E-state index in [0.29, 0.717) is 11.7 Å². The number of halogens is 1. The van der Waals surface area contributed by atoms with E-state index in [1.54, 1.807) is 6.07 Å². The smallest absolute Gasteiger partial charge is 0.129 e. The number of aliphatic hydroxyl groups excluding tert-OH is 1. The van der Waals surface area contributed by atoms with Crippen molar-refractivity contribution in [3.8, 4) is 0 Å². The van der Waals surface area contributed by atoms with Gasteiger partial charge in [-0.2, -0.15) is 0 Å². The summed E-state index contributed by atoms with van der Waals surface area (Å²) in [7, 11) is 0. The minimum Gasteiger partial charge on any atom is -0.394 e. The summed E-state index contributed by atoms with van der Waals surface area (Å²) in [4.78, 5) is 6.53. The summed E-state index contributed by atoms with van der Waals surface area (Å²) in [6.45, 7) is 6.37. The number of hydrogen-bond donors (Lipinski definition) is 1. The Morgan fingerprint density at radius 3 is 3.00 bits per heavy atom. The maximum Gasteiger partial charge on any atom is 0.129 e. The van der Waals surface area contributed by atoms with E-state index in [2.05, 4.69) is 9.88 Å². The molecule has 1 aromatic heterocycles. The van der Waals surface area contributed by atoms with Crippen molar-refractivity contribution in [3.05, 3.63) is 29.0 Å². The minimum absolute atomic E-state index is 0.0445. The fourth-order valence-corrected chi connectivity index (χ4v) is 2.58. The molecule has 1 fully saturated rings. The standard InChI is InChI=1S/C13H19ClN2O2/c1-13(2)9-16(7-11(8-17)18-13)6-10-4-3-5-12(14)15-10/h3-5,11,17H,6-9H2,1-2H3. The Morgan fingerprint density at radius 1 is 1.56 bits per heavy atom. The number of aromatic nitrogens is 1. The largest absolute Gasteiger partial charge is 0.394 e. The second kappa shape index (κ2) is 5.53. The van der Waals surface area contributed by atoms with E-state index in [4.69, 9.17) is 16.3 Å². The number of aliphatic hydroxyl groups is 1. The van der Waals surface area contributed by atoms with Gasteiger partial charge in [0.1, 0.15) is 5.15 Å². The fourth-order valence-electron chi connectivity index (χ4n) is 2.40. The van der Waals surface area contributed by atoms with Crippen LogP contribution in [0.15, 0.2) is 18.2 Å². The van der Waals surface area contributed by atoms with Crippen LogP contribution >= 0.6 is 11.6 Å². The number of morpholine rings is 1. The molecule has 1 saturated heterocycles. The molecule has 0 aliphatic carbocycles. The van der Waals surface area contributed by atoms with Gasteiger partial charge in [-0.05, 0) is 26.0 Å². The molecule has 1 aromatic rings. The van der Waals surface area contributed by atoms with Crippen molar-refractivity contribution < 1.29 is 9.84 Å². The molecule has 0 radical (unpaired) electrons. The number of rotatable bonds is 3. The van der Waals surface area contributed by atoms with E-state index in [1.165, 1.54) is 0 Å². The third-order valence-corrected chi connectivity index (χ3v) is 3.12. The molecule has 4 nitrogen and oxygen atoms in total. The number of hydrogen-bond acceptors (Lipinski definition) is 4. The highest BCUT2D eigenvalue weighted by molar-refractivity contribution is 6.29. The van der Waals surface area contributed by atoms with E-state index >= 15 is 0 Å². The molecule has 5 heteroatoms. The maximum atomic E-state index is 9.26. The first-order chi connectivity index (χ1) is 8.48. The van der Waals surface area contributed by atoms with Gasteiger partial charge in [0.05, 0.1) is 24.0 Å². The molecule has 18 heavy (non-hydrogen) atoms. The van der Waals surface area contributed by atoms with Crippen LogP contribution in [0.3, 0.4) is 0 Å². The maximum absolute atomic E-state index is 9.26. The highest BCUT2D eigenvalue weighted by atomic mass is 35.5. The molecule has 0 spiro atoms. The van der Waals surface area contributed by atoms with Crippen LogP contribution in [0.1, 0.15) is 19.5 Å². The Labute approximate surface area is 113 Å². The van der Waals surface area contributed by atoms with Crippen molar-refractivity contribution in [3.63, 3.8) is 0 Å². The molecule has 1 aliphatic rings. The van der Waals surface area contributed by atoms with Crippen LogP contribution in [-0.2, 0) is 11.3 Å². The van der Waals surface area contributed by atoms with Crippen LogP contribution in [0, 0.1) is 0 Å². The molecular formula is C13H19ClN2O2. The van der Waals surface area contributed by atoms with Gasteiger partial charge in [-0.3, -0.25) is 4.90 Å². The van der Waals surface area contributed by atoms with E-state index in [0.717, 1.165) is 18.8 Å². The molecule has 1 aliphatic heterocycles. The van der Waals surface area contributed by atoms with Crippen molar-refractivity contribution in [2.45, 2.75) is 32.1 Å². The SMILES string of the molecule is CC1(C)CN(Cc2cccc(Cl)n2)CC(CO)O1.